The number of fused-ring (bicyclic) bond motifs is 1. The van der Waals surface area contributed by atoms with Gasteiger partial charge in [0.05, 0.1) is 5.75 Å². The van der Waals surface area contributed by atoms with Crippen LogP contribution in [0.15, 0.2) is 83.6 Å². The van der Waals surface area contributed by atoms with Gasteiger partial charge in [0, 0.05) is 41.2 Å². The number of hydrogen-bond donors (Lipinski definition) is 0. The Morgan fingerprint density at radius 2 is 1.73 bits per heavy atom. The molecule has 3 aromatic carbocycles. The van der Waals surface area contributed by atoms with E-state index < -0.39 is 21.5 Å². The van der Waals surface area contributed by atoms with Gasteiger partial charge in [0.15, 0.2) is 21.4 Å². The van der Waals surface area contributed by atoms with E-state index in [0.29, 0.717) is 33.5 Å². The number of aryl methyl sites for hydroxylation is 1. The summed E-state index contributed by atoms with van der Waals surface area (Å²) in [6.45, 7) is 3.37. The van der Waals surface area contributed by atoms with Crippen LogP contribution < -0.4 is 10.3 Å². The molecule has 8 heteroatoms. The molecule has 168 valence electrons. The average Bonchev–Trinajstić information content (AvgIpc) is 2.78. The second kappa shape index (κ2) is 8.63. The standard InChI is InChI=1S/C25H19F2NO4S/c1-3-33(30,31)15-16-7-6-10-23(32-22-12-11-17(26)13-21(22)27)24(16)20-14-28(2)25(29)19-9-5-4-8-18(19)20/h3-14H,1,15H2,2H3. The second-order valence-corrected chi connectivity index (χ2v) is 9.39. The second-order valence-electron chi connectivity index (χ2n) is 7.45. The lowest BCUT2D eigenvalue weighted by atomic mass is 9.96. The van der Waals surface area contributed by atoms with Crippen molar-refractivity contribution in [2.24, 2.45) is 7.05 Å². The van der Waals surface area contributed by atoms with Crippen LogP contribution in [-0.4, -0.2) is 13.0 Å². The molecule has 0 spiro atoms. The van der Waals surface area contributed by atoms with Crippen molar-refractivity contribution in [3.8, 4) is 22.6 Å². The van der Waals surface area contributed by atoms with Crippen molar-refractivity contribution in [1.82, 2.24) is 4.57 Å². The molecule has 0 radical (unpaired) electrons. The van der Waals surface area contributed by atoms with E-state index in [1.165, 1.54) is 4.57 Å². The summed E-state index contributed by atoms with van der Waals surface area (Å²) in [5.74, 6) is -2.12. The van der Waals surface area contributed by atoms with Crippen molar-refractivity contribution in [2.75, 3.05) is 0 Å². The molecule has 5 nitrogen and oxygen atoms in total. The number of nitrogens with zero attached hydrogens (tertiary/aromatic N) is 1. The van der Waals surface area contributed by atoms with Crippen molar-refractivity contribution in [2.45, 2.75) is 5.75 Å². The minimum Gasteiger partial charge on any atom is -0.454 e. The van der Waals surface area contributed by atoms with E-state index in [0.717, 1.165) is 17.5 Å². The van der Waals surface area contributed by atoms with Crippen LogP contribution >= 0.6 is 0 Å². The number of sulfone groups is 1. The summed E-state index contributed by atoms with van der Waals surface area (Å²) in [4.78, 5) is 12.7. The summed E-state index contributed by atoms with van der Waals surface area (Å²) < 4.78 is 59.7. The molecule has 0 saturated carbocycles. The third-order valence-electron chi connectivity index (χ3n) is 5.20. The Morgan fingerprint density at radius 3 is 2.42 bits per heavy atom. The van der Waals surface area contributed by atoms with Crippen LogP contribution in [0.5, 0.6) is 11.5 Å². The Kier molecular flexibility index (Phi) is 5.86. The van der Waals surface area contributed by atoms with Crippen LogP contribution in [0.3, 0.4) is 0 Å². The molecule has 1 heterocycles. The molecular weight excluding hydrogens is 448 g/mol. The third-order valence-corrected chi connectivity index (χ3v) is 6.42. The van der Waals surface area contributed by atoms with Crippen molar-refractivity contribution in [3.63, 3.8) is 0 Å². The highest BCUT2D eigenvalue weighted by atomic mass is 32.2. The molecule has 0 amide bonds. The van der Waals surface area contributed by atoms with Gasteiger partial charge in [-0.15, -0.1) is 0 Å². The summed E-state index contributed by atoms with van der Waals surface area (Å²) in [5, 5.41) is 1.87. The predicted molar refractivity (Wildman–Crippen MR) is 124 cm³/mol. The largest absolute Gasteiger partial charge is 0.454 e. The molecule has 0 aliphatic rings. The first-order valence-corrected chi connectivity index (χ1v) is 11.6. The quantitative estimate of drug-likeness (QED) is 0.384. The van der Waals surface area contributed by atoms with Crippen molar-refractivity contribution in [3.05, 3.63) is 106 Å². The summed E-state index contributed by atoms with van der Waals surface area (Å²) >= 11 is 0. The van der Waals surface area contributed by atoms with Crippen molar-refractivity contribution in [1.29, 1.82) is 0 Å². The van der Waals surface area contributed by atoms with E-state index in [-0.39, 0.29) is 22.8 Å². The van der Waals surface area contributed by atoms with Gasteiger partial charge in [-0.1, -0.05) is 36.9 Å². The van der Waals surface area contributed by atoms with E-state index in [1.54, 1.807) is 55.7 Å². The number of hydrogen-bond acceptors (Lipinski definition) is 4. The zero-order valence-electron chi connectivity index (χ0n) is 17.6. The maximum Gasteiger partial charge on any atom is 0.258 e. The average molecular weight is 467 g/mol. The van der Waals surface area contributed by atoms with Crippen LogP contribution in [0.2, 0.25) is 0 Å². The van der Waals surface area contributed by atoms with E-state index in [4.69, 9.17) is 4.74 Å². The summed E-state index contributed by atoms with van der Waals surface area (Å²) in [7, 11) is -2.08. The first-order valence-electron chi connectivity index (χ1n) is 9.89. The van der Waals surface area contributed by atoms with Gasteiger partial charge in [-0.3, -0.25) is 4.79 Å². The normalized spacial score (nSPS) is 11.5. The molecule has 0 atom stereocenters. The maximum atomic E-state index is 14.3. The van der Waals surface area contributed by atoms with Crippen LogP contribution in [0, 0.1) is 11.6 Å². The number of ether oxygens (including phenoxy) is 1. The fraction of sp³-hybridized carbons (Fsp3) is 0.0800. The van der Waals surface area contributed by atoms with Gasteiger partial charge < -0.3 is 9.30 Å². The Hall–Kier alpha value is -3.78. The first kappa shape index (κ1) is 22.4. The predicted octanol–water partition coefficient (Wildman–Crippen LogP) is 5.33. The van der Waals surface area contributed by atoms with Crippen molar-refractivity contribution >= 4 is 20.6 Å². The SMILES string of the molecule is C=CS(=O)(=O)Cc1cccc(Oc2ccc(F)cc2F)c1-c1cn(C)c(=O)c2ccccc12. The molecule has 0 saturated heterocycles. The lowest BCUT2D eigenvalue weighted by molar-refractivity contribution is 0.438. The van der Waals surface area contributed by atoms with Gasteiger partial charge in [-0.25, -0.2) is 17.2 Å². The van der Waals surface area contributed by atoms with Crippen LogP contribution in [0.1, 0.15) is 5.56 Å². The van der Waals surface area contributed by atoms with E-state index in [9.17, 15) is 22.0 Å². The molecule has 4 rings (SSSR count). The van der Waals surface area contributed by atoms with E-state index >= 15 is 0 Å². The van der Waals surface area contributed by atoms with Crippen LogP contribution in [-0.2, 0) is 22.6 Å². The highest BCUT2D eigenvalue weighted by molar-refractivity contribution is 7.93. The molecule has 4 aromatic rings. The Morgan fingerprint density at radius 1 is 1.00 bits per heavy atom. The fourth-order valence-electron chi connectivity index (χ4n) is 3.66. The molecule has 0 N–H and O–H groups in total. The van der Waals surface area contributed by atoms with Gasteiger partial charge in [0.25, 0.3) is 5.56 Å². The molecular formula is C25H19F2NO4S. The van der Waals surface area contributed by atoms with Gasteiger partial charge in [-0.05, 0) is 35.2 Å². The Bertz CT molecular complexity index is 1560. The Labute approximate surface area is 189 Å². The highest BCUT2D eigenvalue weighted by Crippen LogP contribution is 2.40. The van der Waals surface area contributed by atoms with Gasteiger partial charge in [0.1, 0.15) is 11.6 Å². The van der Waals surface area contributed by atoms with E-state index in [1.807, 2.05) is 0 Å². The molecule has 1 aromatic heterocycles. The van der Waals surface area contributed by atoms with Crippen LogP contribution in [0.25, 0.3) is 21.9 Å². The van der Waals surface area contributed by atoms with Crippen LogP contribution in [0.4, 0.5) is 8.78 Å². The smallest absolute Gasteiger partial charge is 0.258 e. The first-order chi connectivity index (χ1) is 15.7. The zero-order valence-corrected chi connectivity index (χ0v) is 18.4. The van der Waals surface area contributed by atoms with Crippen molar-refractivity contribution < 1.29 is 21.9 Å². The number of benzene rings is 3. The molecule has 0 unspecified atom stereocenters. The Balaban J connectivity index is 2.03. The minimum absolute atomic E-state index is 0.154. The highest BCUT2D eigenvalue weighted by Gasteiger charge is 2.21. The van der Waals surface area contributed by atoms with Gasteiger partial charge >= 0.3 is 0 Å². The molecule has 0 fully saturated rings. The monoisotopic (exact) mass is 467 g/mol. The maximum absolute atomic E-state index is 14.3. The zero-order chi connectivity index (χ0) is 23.8. The van der Waals surface area contributed by atoms with E-state index in [2.05, 4.69) is 6.58 Å². The lowest BCUT2D eigenvalue weighted by Gasteiger charge is -2.18. The minimum atomic E-state index is -3.66. The number of rotatable bonds is 6. The number of aromatic nitrogens is 1. The molecule has 0 aliphatic carbocycles. The lowest BCUT2D eigenvalue weighted by Crippen LogP contribution is -2.17. The third kappa shape index (κ3) is 4.42. The molecule has 0 aliphatic heterocycles. The van der Waals surface area contributed by atoms with Gasteiger partial charge in [0.2, 0.25) is 0 Å². The number of halogens is 2. The molecule has 0 bridgehead atoms. The topological polar surface area (TPSA) is 65.4 Å². The fourth-order valence-corrected chi connectivity index (χ4v) is 4.45. The van der Waals surface area contributed by atoms with Gasteiger partial charge in [-0.2, -0.15) is 0 Å². The summed E-state index contributed by atoms with van der Waals surface area (Å²) in [5.41, 5.74) is 1.05. The summed E-state index contributed by atoms with van der Waals surface area (Å²) in [6.07, 6.45) is 1.58. The molecule has 33 heavy (non-hydrogen) atoms. The summed E-state index contributed by atoms with van der Waals surface area (Å²) in [6, 6.07) is 14.6. The number of pyridine rings is 1.